The van der Waals surface area contributed by atoms with Crippen molar-refractivity contribution in [3.63, 3.8) is 0 Å². The first kappa shape index (κ1) is 20.1. The standard InChI is InChI=1S/C21H30N4O/c1-13-16(9-19(24)26)20(15-7-5-14(11-22)6-8-15)17(12-23)18(25-13)10-21(2,3)4/h5-8H,9-12,22-23H2,1-4H3,(H2,24,26). The van der Waals surface area contributed by atoms with E-state index in [2.05, 4.69) is 20.8 Å². The van der Waals surface area contributed by atoms with Crippen LogP contribution in [0.4, 0.5) is 0 Å². The third kappa shape index (κ3) is 4.68. The third-order valence-electron chi connectivity index (χ3n) is 4.42. The van der Waals surface area contributed by atoms with E-state index in [4.69, 9.17) is 22.2 Å². The van der Waals surface area contributed by atoms with Gasteiger partial charge in [0.05, 0.1) is 6.42 Å². The van der Waals surface area contributed by atoms with E-state index in [1.165, 1.54) is 0 Å². The van der Waals surface area contributed by atoms with Crippen LogP contribution in [0.5, 0.6) is 0 Å². The molecule has 2 aromatic rings. The van der Waals surface area contributed by atoms with Crippen LogP contribution in [0.15, 0.2) is 24.3 Å². The number of aryl methyl sites for hydroxylation is 1. The smallest absolute Gasteiger partial charge is 0.221 e. The molecule has 0 unspecified atom stereocenters. The molecule has 5 nitrogen and oxygen atoms in total. The van der Waals surface area contributed by atoms with Crippen LogP contribution in [0.1, 0.15) is 48.8 Å². The first-order valence-corrected chi connectivity index (χ1v) is 8.95. The SMILES string of the molecule is Cc1nc(CC(C)(C)C)c(CN)c(-c2ccc(CN)cc2)c1CC(N)=O. The lowest BCUT2D eigenvalue weighted by Gasteiger charge is -2.24. The lowest BCUT2D eigenvalue weighted by Crippen LogP contribution is -2.20. The maximum absolute atomic E-state index is 11.7. The Bertz CT molecular complexity index is 789. The van der Waals surface area contributed by atoms with Gasteiger partial charge in [-0.1, -0.05) is 45.0 Å². The van der Waals surface area contributed by atoms with Gasteiger partial charge in [-0.3, -0.25) is 9.78 Å². The molecule has 5 heteroatoms. The molecule has 6 N–H and O–H groups in total. The second-order valence-corrected chi connectivity index (χ2v) is 7.96. The second kappa shape index (κ2) is 7.98. The molecule has 2 rings (SSSR count). The Balaban J connectivity index is 2.75. The van der Waals surface area contributed by atoms with Gasteiger partial charge in [0, 0.05) is 24.5 Å². The minimum atomic E-state index is -0.374. The van der Waals surface area contributed by atoms with E-state index in [0.29, 0.717) is 13.1 Å². The van der Waals surface area contributed by atoms with Crippen molar-refractivity contribution in [1.82, 2.24) is 4.98 Å². The largest absolute Gasteiger partial charge is 0.369 e. The van der Waals surface area contributed by atoms with E-state index in [9.17, 15) is 4.79 Å². The van der Waals surface area contributed by atoms with Crippen LogP contribution < -0.4 is 17.2 Å². The molecule has 0 radical (unpaired) electrons. The number of pyridine rings is 1. The summed E-state index contributed by atoms with van der Waals surface area (Å²) in [6.45, 7) is 9.32. The summed E-state index contributed by atoms with van der Waals surface area (Å²) in [6, 6.07) is 8.06. The van der Waals surface area contributed by atoms with E-state index >= 15 is 0 Å². The first-order chi connectivity index (χ1) is 12.2. The Kier molecular flexibility index (Phi) is 6.16. The Morgan fingerprint density at radius 3 is 2.12 bits per heavy atom. The fraction of sp³-hybridized carbons (Fsp3) is 0.429. The lowest BCUT2D eigenvalue weighted by molar-refractivity contribution is -0.117. The number of carbonyl (C=O) groups is 1. The van der Waals surface area contributed by atoms with Crippen LogP contribution in [0.25, 0.3) is 11.1 Å². The molecule has 0 bridgehead atoms. The van der Waals surface area contributed by atoms with Crippen LogP contribution in [0, 0.1) is 12.3 Å². The zero-order valence-electron chi connectivity index (χ0n) is 16.2. The van der Waals surface area contributed by atoms with Gasteiger partial charge >= 0.3 is 0 Å². The lowest BCUT2D eigenvalue weighted by atomic mass is 9.84. The number of primary amides is 1. The quantitative estimate of drug-likeness (QED) is 0.741. The molecule has 1 aromatic carbocycles. The summed E-state index contributed by atoms with van der Waals surface area (Å²) in [5, 5.41) is 0. The Labute approximate surface area is 156 Å². The van der Waals surface area contributed by atoms with Crippen LogP contribution in [-0.2, 0) is 30.7 Å². The topological polar surface area (TPSA) is 108 Å². The zero-order chi connectivity index (χ0) is 19.5. The maximum atomic E-state index is 11.7. The molecule has 140 valence electrons. The van der Waals surface area contributed by atoms with E-state index in [0.717, 1.165) is 45.6 Å². The van der Waals surface area contributed by atoms with Crippen molar-refractivity contribution in [3.05, 3.63) is 52.3 Å². The Morgan fingerprint density at radius 2 is 1.65 bits per heavy atom. The van der Waals surface area contributed by atoms with E-state index < -0.39 is 0 Å². The molecular formula is C21H30N4O. The van der Waals surface area contributed by atoms with Gasteiger partial charge < -0.3 is 17.2 Å². The molecule has 0 aliphatic heterocycles. The van der Waals surface area contributed by atoms with Crippen LogP contribution in [0.3, 0.4) is 0 Å². The predicted octanol–water partition coefficient (Wildman–Crippen LogP) is 2.59. The minimum absolute atomic E-state index is 0.0786. The highest BCUT2D eigenvalue weighted by molar-refractivity contribution is 5.82. The monoisotopic (exact) mass is 354 g/mol. The summed E-state index contributed by atoms with van der Waals surface area (Å²) in [5.74, 6) is -0.374. The number of hydrogen-bond donors (Lipinski definition) is 3. The highest BCUT2D eigenvalue weighted by Gasteiger charge is 2.22. The number of nitrogens with two attached hydrogens (primary N) is 3. The molecule has 0 saturated heterocycles. The second-order valence-electron chi connectivity index (χ2n) is 7.96. The molecule has 0 spiro atoms. The first-order valence-electron chi connectivity index (χ1n) is 8.95. The molecule has 1 amide bonds. The number of hydrogen-bond acceptors (Lipinski definition) is 4. The zero-order valence-corrected chi connectivity index (χ0v) is 16.2. The van der Waals surface area contributed by atoms with Gasteiger partial charge in [-0.15, -0.1) is 0 Å². The van der Waals surface area contributed by atoms with Gasteiger partial charge in [0.2, 0.25) is 5.91 Å². The van der Waals surface area contributed by atoms with Gasteiger partial charge in [-0.25, -0.2) is 0 Å². The normalized spacial score (nSPS) is 11.6. The van der Waals surface area contributed by atoms with Crippen molar-refractivity contribution in [2.45, 2.75) is 53.6 Å². The average Bonchev–Trinajstić information content (AvgIpc) is 2.55. The fourth-order valence-electron chi connectivity index (χ4n) is 3.26. The Morgan fingerprint density at radius 1 is 1.04 bits per heavy atom. The van der Waals surface area contributed by atoms with Crippen molar-refractivity contribution < 1.29 is 4.79 Å². The number of amides is 1. The van der Waals surface area contributed by atoms with Crippen molar-refractivity contribution in [1.29, 1.82) is 0 Å². The minimum Gasteiger partial charge on any atom is -0.369 e. The van der Waals surface area contributed by atoms with Crippen molar-refractivity contribution in [2.75, 3.05) is 0 Å². The van der Waals surface area contributed by atoms with Crippen molar-refractivity contribution in [3.8, 4) is 11.1 Å². The van der Waals surface area contributed by atoms with Crippen molar-refractivity contribution >= 4 is 5.91 Å². The van der Waals surface area contributed by atoms with Gasteiger partial charge in [0.1, 0.15) is 0 Å². The molecule has 0 aliphatic rings. The summed E-state index contributed by atoms with van der Waals surface area (Å²) in [4.78, 5) is 16.5. The number of benzene rings is 1. The molecule has 1 heterocycles. The van der Waals surface area contributed by atoms with E-state index in [1.54, 1.807) is 0 Å². The summed E-state index contributed by atoms with van der Waals surface area (Å²) in [6.07, 6.45) is 0.959. The maximum Gasteiger partial charge on any atom is 0.221 e. The molecule has 0 aliphatic carbocycles. The number of carbonyl (C=O) groups excluding carboxylic acids is 1. The highest BCUT2D eigenvalue weighted by Crippen LogP contribution is 2.34. The van der Waals surface area contributed by atoms with E-state index in [-0.39, 0.29) is 17.7 Å². The summed E-state index contributed by atoms with van der Waals surface area (Å²) in [7, 11) is 0. The van der Waals surface area contributed by atoms with Gasteiger partial charge in [-0.05, 0) is 46.6 Å². The number of aromatic nitrogens is 1. The molecule has 1 aromatic heterocycles. The molecule has 0 saturated carbocycles. The average molecular weight is 354 g/mol. The summed E-state index contributed by atoms with van der Waals surface area (Å²) in [5.41, 5.74) is 24.2. The number of nitrogens with zero attached hydrogens (tertiary/aromatic N) is 1. The fourth-order valence-corrected chi connectivity index (χ4v) is 3.26. The molecular weight excluding hydrogens is 324 g/mol. The summed E-state index contributed by atoms with van der Waals surface area (Å²) >= 11 is 0. The Hall–Kier alpha value is -2.24. The van der Waals surface area contributed by atoms with Crippen LogP contribution in [0.2, 0.25) is 0 Å². The number of rotatable bonds is 6. The summed E-state index contributed by atoms with van der Waals surface area (Å²) < 4.78 is 0. The van der Waals surface area contributed by atoms with Crippen LogP contribution >= 0.6 is 0 Å². The van der Waals surface area contributed by atoms with E-state index in [1.807, 2.05) is 31.2 Å². The van der Waals surface area contributed by atoms with Gasteiger partial charge in [0.25, 0.3) is 0 Å². The highest BCUT2D eigenvalue weighted by atomic mass is 16.1. The van der Waals surface area contributed by atoms with Gasteiger partial charge in [0.15, 0.2) is 0 Å². The third-order valence-corrected chi connectivity index (χ3v) is 4.42. The van der Waals surface area contributed by atoms with Crippen molar-refractivity contribution in [2.24, 2.45) is 22.6 Å². The van der Waals surface area contributed by atoms with Crippen LogP contribution in [-0.4, -0.2) is 10.9 Å². The molecule has 0 atom stereocenters. The van der Waals surface area contributed by atoms with Gasteiger partial charge in [-0.2, -0.15) is 0 Å². The predicted molar refractivity (Wildman–Crippen MR) is 106 cm³/mol. The molecule has 0 fully saturated rings. The molecule has 26 heavy (non-hydrogen) atoms.